The van der Waals surface area contributed by atoms with Crippen molar-refractivity contribution in [2.45, 2.75) is 75.9 Å². The fourth-order valence-corrected chi connectivity index (χ4v) is 5.72. The van der Waals surface area contributed by atoms with Crippen LogP contribution in [0.3, 0.4) is 0 Å². The van der Waals surface area contributed by atoms with Gasteiger partial charge in [-0.15, -0.1) is 11.8 Å². The summed E-state index contributed by atoms with van der Waals surface area (Å²) in [7, 11) is 0. The summed E-state index contributed by atoms with van der Waals surface area (Å²) in [6.45, 7) is 4.53. The summed E-state index contributed by atoms with van der Waals surface area (Å²) < 4.78 is 0. The molecule has 0 unspecified atom stereocenters. The van der Waals surface area contributed by atoms with Gasteiger partial charge in [0.15, 0.2) is 0 Å². The van der Waals surface area contributed by atoms with Gasteiger partial charge in [-0.05, 0) is 55.5 Å². The Balaban J connectivity index is 1.61. The van der Waals surface area contributed by atoms with Gasteiger partial charge in [-0.2, -0.15) is 0 Å². The molecule has 37 heavy (non-hydrogen) atoms. The number of aryl methyl sites for hydroxylation is 2. The Bertz CT molecular complexity index is 1160. The molecule has 1 N–H and O–H groups in total. The second kappa shape index (κ2) is 13.5. The fraction of sp³-hybridized carbons (Fsp3) is 0.375. The van der Waals surface area contributed by atoms with Crippen molar-refractivity contribution >= 4 is 23.6 Å². The van der Waals surface area contributed by atoms with Crippen LogP contribution < -0.4 is 5.32 Å². The zero-order chi connectivity index (χ0) is 26.0. The average Bonchev–Trinajstić information content (AvgIpc) is 2.92. The highest BCUT2D eigenvalue weighted by molar-refractivity contribution is 8.00. The Hall–Kier alpha value is -3.05. The topological polar surface area (TPSA) is 49.4 Å². The van der Waals surface area contributed by atoms with Crippen LogP contribution in [-0.2, 0) is 22.6 Å². The molecule has 3 aromatic rings. The zero-order valence-electron chi connectivity index (χ0n) is 22.0. The normalized spacial score (nSPS) is 14.6. The standard InChI is InChI=1S/C32H38N2O2S/c1-24-17-19-29(20-18-24)37-23-31(35)34(22-27-14-10-9-11-25(27)2)30(21-26-12-5-3-6-13-26)32(36)33-28-15-7-4-8-16-28/h3,5-6,9-14,17-20,28,30H,4,7-8,15-16,21-23H2,1-2H3,(H,33,36)/t30-/m0/s1. The molecule has 0 saturated heterocycles. The first-order valence-electron chi connectivity index (χ1n) is 13.4. The fourth-order valence-electron chi connectivity index (χ4n) is 4.93. The summed E-state index contributed by atoms with van der Waals surface area (Å²) in [6.07, 6.45) is 6.04. The summed E-state index contributed by atoms with van der Waals surface area (Å²) in [4.78, 5) is 30.6. The second-order valence-corrected chi connectivity index (χ2v) is 11.1. The van der Waals surface area contributed by atoms with E-state index in [2.05, 4.69) is 55.6 Å². The number of hydrogen-bond acceptors (Lipinski definition) is 3. The molecule has 5 heteroatoms. The largest absolute Gasteiger partial charge is 0.352 e. The third-order valence-corrected chi connectivity index (χ3v) is 8.20. The Morgan fingerprint density at radius 3 is 2.27 bits per heavy atom. The molecule has 1 atom stereocenters. The van der Waals surface area contributed by atoms with Crippen LogP contribution >= 0.6 is 11.8 Å². The first kappa shape index (κ1) is 27.0. The summed E-state index contributed by atoms with van der Waals surface area (Å²) in [5, 5.41) is 3.32. The smallest absolute Gasteiger partial charge is 0.243 e. The van der Waals surface area contributed by atoms with Crippen LogP contribution in [0, 0.1) is 13.8 Å². The lowest BCUT2D eigenvalue weighted by molar-refractivity contribution is -0.139. The lowest BCUT2D eigenvalue weighted by atomic mass is 9.94. The van der Waals surface area contributed by atoms with E-state index in [-0.39, 0.29) is 23.6 Å². The highest BCUT2D eigenvalue weighted by atomic mass is 32.2. The lowest BCUT2D eigenvalue weighted by Gasteiger charge is -2.33. The van der Waals surface area contributed by atoms with E-state index in [0.717, 1.165) is 47.3 Å². The third-order valence-electron chi connectivity index (χ3n) is 7.21. The molecule has 194 valence electrons. The summed E-state index contributed by atoms with van der Waals surface area (Å²) in [5.74, 6) is 0.225. The lowest BCUT2D eigenvalue weighted by Crippen LogP contribution is -2.53. The number of nitrogens with zero attached hydrogens (tertiary/aromatic N) is 1. The number of nitrogens with one attached hydrogen (secondary N) is 1. The molecule has 0 aromatic heterocycles. The van der Waals surface area contributed by atoms with Gasteiger partial charge in [-0.1, -0.05) is 91.6 Å². The molecule has 1 aliphatic carbocycles. The molecule has 0 bridgehead atoms. The van der Waals surface area contributed by atoms with Crippen LogP contribution in [0.4, 0.5) is 0 Å². The van der Waals surface area contributed by atoms with Crippen molar-refractivity contribution in [2.75, 3.05) is 5.75 Å². The molecule has 1 aliphatic rings. The predicted molar refractivity (Wildman–Crippen MR) is 153 cm³/mol. The van der Waals surface area contributed by atoms with Crippen molar-refractivity contribution < 1.29 is 9.59 Å². The maximum atomic E-state index is 13.9. The van der Waals surface area contributed by atoms with E-state index in [0.29, 0.717) is 13.0 Å². The van der Waals surface area contributed by atoms with Gasteiger partial charge in [0.2, 0.25) is 11.8 Å². The second-order valence-electron chi connectivity index (χ2n) is 10.1. The molecule has 1 saturated carbocycles. The van der Waals surface area contributed by atoms with Crippen LogP contribution in [0.2, 0.25) is 0 Å². The summed E-state index contributed by atoms with van der Waals surface area (Å²) in [5.41, 5.74) is 4.44. The van der Waals surface area contributed by atoms with Crippen molar-refractivity contribution in [3.63, 3.8) is 0 Å². The monoisotopic (exact) mass is 514 g/mol. The molecule has 1 fully saturated rings. The van der Waals surface area contributed by atoms with Crippen molar-refractivity contribution in [3.05, 3.63) is 101 Å². The van der Waals surface area contributed by atoms with Gasteiger partial charge in [0, 0.05) is 23.9 Å². The third kappa shape index (κ3) is 7.96. The highest BCUT2D eigenvalue weighted by Crippen LogP contribution is 2.23. The van der Waals surface area contributed by atoms with E-state index in [9.17, 15) is 9.59 Å². The van der Waals surface area contributed by atoms with E-state index in [1.165, 1.54) is 23.7 Å². The first-order chi connectivity index (χ1) is 18.0. The summed E-state index contributed by atoms with van der Waals surface area (Å²) >= 11 is 1.53. The van der Waals surface area contributed by atoms with Crippen molar-refractivity contribution in [3.8, 4) is 0 Å². The highest BCUT2D eigenvalue weighted by Gasteiger charge is 2.32. The summed E-state index contributed by atoms with van der Waals surface area (Å²) in [6, 6.07) is 26.0. The molecule has 0 spiro atoms. The van der Waals surface area contributed by atoms with E-state index in [4.69, 9.17) is 0 Å². The van der Waals surface area contributed by atoms with Gasteiger partial charge in [0.1, 0.15) is 6.04 Å². The SMILES string of the molecule is Cc1ccc(SCC(=O)N(Cc2ccccc2C)[C@@H](Cc2ccccc2)C(=O)NC2CCCCC2)cc1. The van der Waals surface area contributed by atoms with Crippen LogP contribution in [0.25, 0.3) is 0 Å². The van der Waals surface area contributed by atoms with Crippen molar-refractivity contribution in [2.24, 2.45) is 0 Å². The van der Waals surface area contributed by atoms with Gasteiger partial charge in [-0.3, -0.25) is 9.59 Å². The Kier molecular flexibility index (Phi) is 9.84. The van der Waals surface area contributed by atoms with E-state index < -0.39 is 6.04 Å². The minimum absolute atomic E-state index is 0.0199. The Morgan fingerprint density at radius 2 is 1.57 bits per heavy atom. The number of hydrogen-bond donors (Lipinski definition) is 1. The van der Waals surface area contributed by atoms with Crippen molar-refractivity contribution in [1.29, 1.82) is 0 Å². The minimum Gasteiger partial charge on any atom is -0.352 e. The van der Waals surface area contributed by atoms with E-state index >= 15 is 0 Å². The molecular weight excluding hydrogens is 476 g/mol. The van der Waals surface area contributed by atoms with Crippen molar-refractivity contribution in [1.82, 2.24) is 10.2 Å². The van der Waals surface area contributed by atoms with Gasteiger partial charge in [-0.25, -0.2) is 0 Å². The quantitative estimate of drug-likeness (QED) is 0.315. The minimum atomic E-state index is -0.574. The molecule has 3 aromatic carbocycles. The average molecular weight is 515 g/mol. The number of amides is 2. The first-order valence-corrected chi connectivity index (χ1v) is 14.4. The number of rotatable bonds is 10. The Labute approximate surface area is 225 Å². The predicted octanol–water partition coefficient (Wildman–Crippen LogP) is 6.48. The molecule has 0 heterocycles. The molecule has 0 radical (unpaired) electrons. The molecular formula is C32H38N2O2S. The van der Waals surface area contributed by atoms with Gasteiger partial charge < -0.3 is 10.2 Å². The van der Waals surface area contributed by atoms with Crippen LogP contribution in [0.1, 0.15) is 54.4 Å². The number of benzene rings is 3. The zero-order valence-corrected chi connectivity index (χ0v) is 22.8. The van der Waals surface area contributed by atoms with E-state index in [1.807, 2.05) is 47.4 Å². The maximum absolute atomic E-state index is 13.9. The number of carbonyl (C=O) groups is 2. The van der Waals surface area contributed by atoms with Gasteiger partial charge in [0.25, 0.3) is 0 Å². The van der Waals surface area contributed by atoms with Crippen LogP contribution in [0.15, 0.2) is 83.8 Å². The van der Waals surface area contributed by atoms with E-state index in [1.54, 1.807) is 0 Å². The molecule has 0 aliphatic heterocycles. The molecule has 4 nitrogen and oxygen atoms in total. The Morgan fingerprint density at radius 1 is 0.892 bits per heavy atom. The van der Waals surface area contributed by atoms with Gasteiger partial charge >= 0.3 is 0 Å². The number of carbonyl (C=O) groups excluding carboxylic acids is 2. The maximum Gasteiger partial charge on any atom is 0.243 e. The van der Waals surface area contributed by atoms with Crippen LogP contribution in [-0.4, -0.2) is 34.6 Å². The molecule has 2 amide bonds. The molecule has 4 rings (SSSR count). The number of thioether (sulfide) groups is 1. The van der Waals surface area contributed by atoms with Gasteiger partial charge in [0.05, 0.1) is 5.75 Å². The van der Waals surface area contributed by atoms with Crippen LogP contribution in [0.5, 0.6) is 0 Å².